The molecule has 3 rings (SSSR count). The van der Waals surface area contributed by atoms with Gasteiger partial charge in [-0.2, -0.15) is 0 Å². The second-order valence-electron chi connectivity index (χ2n) is 8.89. The van der Waals surface area contributed by atoms with Crippen LogP contribution in [0.2, 0.25) is 0 Å². The molecule has 0 saturated carbocycles. The number of aryl methyl sites for hydroxylation is 1. The molecule has 0 radical (unpaired) electrons. The van der Waals surface area contributed by atoms with E-state index >= 15 is 0 Å². The summed E-state index contributed by atoms with van der Waals surface area (Å²) in [7, 11) is 0. The topological polar surface area (TPSA) is 63.8 Å². The normalized spacial score (nSPS) is 12.3. The van der Waals surface area contributed by atoms with E-state index in [1.54, 1.807) is 11.3 Å². The smallest absolute Gasteiger partial charge is 0.151 e. The molecule has 0 aliphatic heterocycles. The maximum Gasteiger partial charge on any atom is 0.151 e. The molecule has 5 heteroatoms. The van der Waals surface area contributed by atoms with Crippen molar-refractivity contribution < 1.29 is 0 Å². The Morgan fingerprint density at radius 3 is 2.61 bits per heavy atom. The first-order chi connectivity index (χ1) is 13.4. The van der Waals surface area contributed by atoms with Gasteiger partial charge in [-0.3, -0.25) is 0 Å². The number of benzene rings is 1. The Bertz CT molecular complexity index is 924. The Morgan fingerprint density at radius 2 is 1.86 bits per heavy atom. The van der Waals surface area contributed by atoms with Gasteiger partial charge < -0.3 is 11.1 Å². The van der Waals surface area contributed by atoms with Gasteiger partial charge in [0.05, 0.1) is 10.2 Å². The molecule has 2 heterocycles. The van der Waals surface area contributed by atoms with Crippen LogP contribution in [-0.2, 0) is 13.0 Å². The van der Waals surface area contributed by atoms with Crippen molar-refractivity contribution >= 4 is 38.3 Å². The van der Waals surface area contributed by atoms with Crippen LogP contribution >= 0.6 is 11.3 Å². The van der Waals surface area contributed by atoms with E-state index in [9.17, 15) is 0 Å². The molecule has 0 bridgehead atoms. The Balaban J connectivity index is 1.67. The van der Waals surface area contributed by atoms with E-state index in [1.807, 2.05) is 0 Å². The van der Waals surface area contributed by atoms with Crippen LogP contribution in [0.3, 0.4) is 0 Å². The quantitative estimate of drug-likeness (QED) is 0.429. The van der Waals surface area contributed by atoms with Gasteiger partial charge in [0.25, 0.3) is 0 Å². The van der Waals surface area contributed by atoms with Crippen LogP contribution in [0.1, 0.15) is 70.4 Å². The number of aromatic nitrogens is 2. The fraction of sp³-hybridized carbons (Fsp3) is 0.565. The summed E-state index contributed by atoms with van der Waals surface area (Å²) in [6.07, 6.45) is 7.61. The summed E-state index contributed by atoms with van der Waals surface area (Å²) in [6.45, 7) is 10.8. The molecule has 0 unspecified atom stereocenters. The van der Waals surface area contributed by atoms with Crippen LogP contribution in [0.25, 0.3) is 21.1 Å². The summed E-state index contributed by atoms with van der Waals surface area (Å²) in [5, 5.41) is 5.57. The molecule has 28 heavy (non-hydrogen) atoms. The molecule has 0 amide bonds. The number of nitrogens with zero attached hydrogens (tertiary/aromatic N) is 2. The van der Waals surface area contributed by atoms with Gasteiger partial charge in [-0.25, -0.2) is 9.97 Å². The van der Waals surface area contributed by atoms with Gasteiger partial charge in [0.2, 0.25) is 0 Å². The van der Waals surface area contributed by atoms with Crippen LogP contribution in [0.4, 0.5) is 5.82 Å². The summed E-state index contributed by atoms with van der Waals surface area (Å²) in [6, 6.07) is 6.66. The minimum Gasteiger partial charge on any atom is -0.382 e. The zero-order chi connectivity index (χ0) is 20.1. The van der Waals surface area contributed by atoms with Crippen LogP contribution in [0, 0.1) is 5.41 Å². The van der Waals surface area contributed by atoms with Gasteiger partial charge in [0.1, 0.15) is 10.5 Å². The maximum atomic E-state index is 6.22. The molecular formula is C23H34N4S. The lowest BCUT2D eigenvalue weighted by Gasteiger charge is -2.17. The average molecular weight is 399 g/mol. The fourth-order valence-electron chi connectivity index (χ4n) is 3.57. The summed E-state index contributed by atoms with van der Waals surface area (Å²) in [4.78, 5) is 9.33. The number of anilines is 1. The van der Waals surface area contributed by atoms with E-state index in [2.05, 4.69) is 61.2 Å². The van der Waals surface area contributed by atoms with Crippen molar-refractivity contribution in [3.05, 3.63) is 28.8 Å². The molecule has 0 aliphatic carbocycles. The van der Waals surface area contributed by atoms with Crippen molar-refractivity contribution in [1.82, 2.24) is 15.3 Å². The molecule has 0 fully saturated rings. The minimum absolute atomic E-state index is 0.457. The molecule has 1 aromatic carbocycles. The molecule has 3 aromatic rings. The standard InChI is InChI=1S/C23H34N4S/c1-5-25-15-19-27-20-21(28-19)17-12-11-16(14-18(17)26-22(20)24)10-8-6-7-9-13-23(2,3)4/h11-12,14,25H,5-10,13,15H2,1-4H3,(H2,24,26). The number of thiazole rings is 1. The van der Waals surface area contributed by atoms with Crippen molar-refractivity contribution in [2.45, 2.75) is 72.8 Å². The lowest BCUT2D eigenvalue weighted by Crippen LogP contribution is -2.11. The number of hydrogen-bond acceptors (Lipinski definition) is 5. The molecule has 0 saturated heterocycles. The van der Waals surface area contributed by atoms with Crippen molar-refractivity contribution in [1.29, 1.82) is 0 Å². The van der Waals surface area contributed by atoms with E-state index in [1.165, 1.54) is 43.1 Å². The number of fused-ring (bicyclic) bond motifs is 3. The fourth-order valence-corrected chi connectivity index (χ4v) is 4.64. The van der Waals surface area contributed by atoms with E-state index in [4.69, 9.17) is 5.73 Å². The van der Waals surface area contributed by atoms with E-state index in [0.717, 1.165) is 40.3 Å². The lowest BCUT2D eigenvalue weighted by atomic mass is 9.89. The molecule has 4 nitrogen and oxygen atoms in total. The number of hydrogen-bond donors (Lipinski definition) is 2. The van der Waals surface area contributed by atoms with Gasteiger partial charge in [-0.05, 0) is 42.9 Å². The number of unbranched alkanes of at least 4 members (excludes halogenated alkanes) is 3. The van der Waals surface area contributed by atoms with Gasteiger partial charge in [-0.15, -0.1) is 11.3 Å². The first-order valence-corrected chi connectivity index (χ1v) is 11.4. The first-order valence-electron chi connectivity index (χ1n) is 10.6. The summed E-state index contributed by atoms with van der Waals surface area (Å²) < 4.78 is 1.16. The Labute approximate surface area is 173 Å². The third kappa shape index (κ3) is 5.42. The summed E-state index contributed by atoms with van der Waals surface area (Å²) in [5.41, 5.74) is 9.87. The Morgan fingerprint density at radius 1 is 1.07 bits per heavy atom. The first kappa shape index (κ1) is 21.0. The molecule has 0 spiro atoms. The van der Waals surface area contributed by atoms with E-state index in [0.29, 0.717) is 11.2 Å². The van der Waals surface area contributed by atoms with Crippen LogP contribution in [0.5, 0.6) is 0 Å². The molecule has 0 aliphatic rings. The monoisotopic (exact) mass is 398 g/mol. The van der Waals surface area contributed by atoms with Crippen molar-refractivity contribution in [2.75, 3.05) is 12.3 Å². The lowest BCUT2D eigenvalue weighted by molar-refractivity contribution is 0.357. The largest absolute Gasteiger partial charge is 0.382 e. The highest BCUT2D eigenvalue weighted by Crippen LogP contribution is 2.33. The minimum atomic E-state index is 0.457. The number of rotatable bonds is 9. The highest BCUT2D eigenvalue weighted by molar-refractivity contribution is 7.19. The number of pyridine rings is 1. The average Bonchev–Trinajstić information content (AvgIpc) is 3.07. The highest BCUT2D eigenvalue weighted by atomic mass is 32.1. The van der Waals surface area contributed by atoms with Crippen LogP contribution in [-0.4, -0.2) is 16.5 Å². The van der Waals surface area contributed by atoms with Crippen molar-refractivity contribution in [3.8, 4) is 0 Å². The van der Waals surface area contributed by atoms with Gasteiger partial charge in [0.15, 0.2) is 5.82 Å². The van der Waals surface area contributed by atoms with Gasteiger partial charge in [0, 0.05) is 11.9 Å². The van der Waals surface area contributed by atoms with Gasteiger partial charge >= 0.3 is 0 Å². The molecule has 152 valence electrons. The third-order valence-corrected chi connectivity index (χ3v) is 6.22. The van der Waals surface area contributed by atoms with Crippen LogP contribution in [0.15, 0.2) is 18.2 Å². The number of nitrogen functional groups attached to an aromatic ring is 1. The maximum absolute atomic E-state index is 6.22. The number of nitrogens with two attached hydrogens (primary N) is 1. The second-order valence-corrected chi connectivity index (χ2v) is 9.97. The summed E-state index contributed by atoms with van der Waals surface area (Å²) >= 11 is 1.72. The van der Waals surface area contributed by atoms with Crippen molar-refractivity contribution in [2.24, 2.45) is 5.41 Å². The Kier molecular flexibility index (Phi) is 6.89. The predicted octanol–water partition coefficient (Wildman–Crippen LogP) is 6.08. The van der Waals surface area contributed by atoms with Crippen LogP contribution < -0.4 is 11.1 Å². The van der Waals surface area contributed by atoms with E-state index in [-0.39, 0.29) is 0 Å². The Hall–Kier alpha value is -1.72. The molecule has 0 atom stereocenters. The molecule has 3 N–H and O–H groups in total. The highest BCUT2D eigenvalue weighted by Gasteiger charge is 2.13. The second kappa shape index (κ2) is 9.19. The number of nitrogens with one attached hydrogen (secondary N) is 1. The molecule has 2 aromatic heterocycles. The van der Waals surface area contributed by atoms with E-state index < -0.39 is 0 Å². The zero-order valence-corrected chi connectivity index (χ0v) is 18.6. The molecular weight excluding hydrogens is 364 g/mol. The summed E-state index contributed by atoms with van der Waals surface area (Å²) in [5.74, 6) is 0.542. The third-order valence-electron chi connectivity index (χ3n) is 5.13. The zero-order valence-electron chi connectivity index (χ0n) is 17.8. The van der Waals surface area contributed by atoms with Gasteiger partial charge in [-0.1, -0.05) is 59.1 Å². The predicted molar refractivity (Wildman–Crippen MR) is 123 cm³/mol. The van der Waals surface area contributed by atoms with Crippen molar-refractivity contribution in [3.63, 3.8) is 0 Å². The SMILES string of the molecule is CCNCc1nc2c(N)nc3cc(CCCCCCC(C)(C)C)ccc3c2s1.